The van der Waals surface area contributed by atoms with Gasteiger partial charge in [0, 0.05) is 41.7 Å². The highest BCUT2D eigenvalue weighted by Crippen LogP contribution is 2.78. The second-order valence-corrected chi connectivity index (χ2v) is 10.4. The van der Waals surface area contributed by atoms with Crippen molar-refractivity contribution >= 4 is 17.1 Å². The van der Waals surface area contributed by atoms with Crippen LogP contribution in [0.25, 0.3) is 16.7 Å². The first-order valence-electron chi connectivity index (χ1n) is 12.3. The first-order valence-corrected chi connectivity index (χ1v) is 12.3. The quantitative estimate of drug-likeness (QED) is 0.566. The summed E-state index contributed by atoms with van der Waals surface area (Å²) in [5.74, 6) is 1.34. The molecule has 7 rings (SSSR count). The van der Waals surface area contributed by atoms with Gasteiger partial charge in [0.1, 0.15) is 6.33 Å². The Morgan fingerprint density at radius 2 is 1.97 bits per heavy atom. The van der Waals surface area contributed by atoms with Crippen LogP contribution in [0.15, 0.2) is 41.8 Å². The van der Waals surface area contributed by atoms with E-state index in [1.165, 1.54) is 24.8 Å². The molecule has 4 fully saturated rings. The molecule has 2 aliphatic carbocycles. The van der Waals surface area contributed by atoms with Gasteiger partial charge < -0.3 is 4.74 Å². The average Bonchev–Trinajstić information content (AvgIpc) is 3.67. The number of likely N-dealkylation sites (tertiary alicyclic amines) is 1. The van der Waals surface area contributed by atoms with Crippen molar-refractivity contribution in [2.75, 3.05) is 33.4 Å². The Morgan fingerprint density at radius 1 is 1.12 bits per heavy atom. The van der Waals surface area contributed by atoms with Crippen molar-refractivity contribution in [1.82, 2.24) is 24.6 Å². The number of aromatic nitrogens is 4. The summed E-state index contributed by atoms with van der Waals surface area (Å²) in [4.78, 5) is 16.3. The van der Waals surface area contributed by atoms with Gasteiger partial charge >= 0.3 is 0 Å². The number of hydrogen-bond acceptors (Lipinski definition) is 6. The lowest BCUT2D eigenvalue weighted by molar-refractivity contribution is -0.0713. The molecule has 2 saturated carbocycles. The van der Waals surface area contributed by atoms with Crippen LogP contribution in [-0.2, 0) is 10.2 Å². The largest absolute Gasteiger partial charge is 0.378 e. The molecule has 0 bridgehead atoms. The molecule has 3 aromatic rings. The van der Waals surface area contributed by atoms with Crippen molar-refractivity contribution in [2.24, 2.45) is 10.4 Å². The number of rotatable bonds is 5. The number of nitrogens with zero attached hydrogens (tertiary/aromatic N) is 6. The van der Waals surface area contributed by atoms with Gasteiger partial charge in [0.15, 0.2) is 5.82 Å². The van der Waals surface area contributed by atoms with Crippen LogP contribution in [0, 0.1) is 5.41 Å². The van der Waals surface area contributed by atoms with Gasteiger partial charge in [0.05, 0.1) is 31.0 Å². The zero-order chi connectivity index (χ0) is 22.0. The van der Waals surface area contributed by atoms with Crippen LogP contribution in [0.5, 0.6) is 0 Å². The molecule has 170 valence electrons. The van der Waals surface area contributed by atoms with Crippen LogP contribution >= 0.6 is 0 Å². The van der Waals surface area contributed by atoms with Crippen molar-refractivity contribution < 1.29 is 4.74 Å². The van der Waals surface area contributed by atoms with Crippen molar-refractivity contribution in [2.45, 2.75) is 49.5 Å². The molecule has 0 N–H and O–H groups in total. The van der Waals surface area contributed by atoms with Crippen LogP contribution in [0.4, 0.5) is 0 Å². The van der Waals surface area contributed by atoms with Gasteiger partial charge in [0.2, 0.25) is 0 Å². The number of fused-ring (bicyclic) bond motifs is 1. The Bertz CT molecular complexity index is 1230. The molecular formula is C26H30N6O. The zero-order valence-corrected chi connectivity index (χ0v) is 19.2. The molecule has 1 atom stereocenters. The van der Waals surface area contributed by atoms with E-state index in [1.807, 2.05) is 17.9 Å². The summed E-state index contributed by atoms with van der Waals surface area (Å²) in [6.07, 6.45) is 12.0. The molecular weight excluding hydrogens is 412 g/mol. The highest BCUT2D eigenvalue weighted by atomic mass is 16.5. The fourth-order valence-electron chi connectivity index (χ4n) is 6.32. The molecule has 0 amide bonds. The zero-order valence-electron chi connectivity index (χ0n) is 19.2. The highest BCUT2D eigenvalue weighted by Gasteiger charge is 2.73. The summed E-state index contributed by atoms with van der Waals surface area (Å²) in [5.41, 5.74) is 4.19. The summed E-state index contributed by atoms with van der Waals surface area (Å²) in [6, 6.07) is 9.57. The molecule has 1 spiro atoms. The summed E-state index contributed by atoms with van der Waals surface area (Å²) in [7, 11) is 1.89. The van der Waals surface area contributed by atoms with Gasteiger partial charge in [-0.15, -0.1) is 0 Å². The van der Waals surface area contributed by atoms with Gasteiger partial charge in [-0.2, -0.15) is 5.10 Å². The minimum absolute atomic E-state index is 0.112. The average molecular weight is 443 g/mol. The van der Waals surface area contributed by atoms with E-state index in [0.29, 0.717) is 17.4 Å². The molecule has 0 radical (unpaired) electrons. The standard InChI is InChI=1S/C26H30N6O/c1-27-16-26(15-25(26)6-7-25)20-3-2-19-12-30-32(23(19)10-20)24-11-22(28-17-29-24)18-4-8-31(9-5-18)21-13-33-14-21/h2-3,10-12,16-18,21H,4-9,13-15H2,1H3/t26-/m1/s1. The summed E-state index contributed by atoms with van der Waals surface area (Å²) in [5, 5.41) is 5.86. The van der Waals surface area contributed by atoms with E-state index in [2.05, 4.69) is 50.3 Å². The van der Waals surface area contributed by atoms with E-state index in [1.54, 1.807) is 6.33 Å². The normalized spacial score (nSPS) is 27.4. The van der Waals surface area contributed by atoms with E-state index >= 15 is 0 Å². The summed E-state index contributed by atoms with van der Waals surface area (Å²) < 4.78 is 7.36. The molecule has 7 nitrogen and oxygen atoms in total. The summed E-state index contributed by atoms with van der Waals surface area (Å²) >= 11 is 0. The third-order valence-electron chi connectivity index (χ3n) is 8.70. The van der Waals surface area contributed by atoms with Crippen LogP contribution < -0.4 is 0 Å². The van der Waals surface area contributed by atoms with Crippen molar-refractivity contribution in [3.05, 3.63) is 48.0 Å². The van der Waals surface area contributed by atoms with Gasteiger partial charge in [-0.25, -0.2) is 14.6 Å². The maximum atomic E-state index is 5.37. The SMILES string of the molecule is CN=C[C@@]1(c2ccc3cnn(-c4cc(C5CCN(C6COC6)CC5)ncn4)c3c2)CC12CC2. The number of ether oxygens (including phenoxy) is 1. The fraction of sp³-hybridized carbons (Fsp3) is 0.538. The van der Waals surface area contributed by atoms with Crippen LogP contribution in [0.2, 0.25) is 0 Å². The monoisotopic (exact) mass is 442 g/mol. The molecule has 4 heterocycles. The maximum Gasteiger partial charge on any atom is 0.157 e. The van der Waals surface area contributed by atoms with Crippen LogP contribution in [0.1, 0.15) is 49.3 Å². The van der Waals surface area contributed by atoms with E-state index in [4.69, 9.17) is 9.84 Å². The molecule has 2 aromatic heterocycles. The van der Waals surface area contributed by atoms with E-state index < -0.39 is 0 Å². The predicted molar refractivity (Wildman–Crippen MR) is 127 cm³/mol. The predicted octanol–water partition coefficient (Wildman–Crippen LogP) is 3.52. The lowest BCUT2D eigenvalue weighted by Crippen LogP contribution is -2.51. The first-order chi connectivity index (χ1) is 16.2. The van der Waals surface area contributed by atoms with Crippen molar-refractivity contribution in [1.29, 1.82) is 0 Å². The fourth-order valence-corrected chi connectivity index (χ4v) is 6.32. The molecule has 0 unspecified atom stereocenters. The Labute approximate surface area is 193 Å². The minimum atomic E-state index is 0.112. The molecule has 1 aromatic carbocycles. The Kier molecular flexibility index (Phi) is 4.31. The third-order valence-corrected chi connectivity index (χ3v) is 8.70. The highest BCUT2D eigenvalue weighted by molar-refractivity contribution is 5.87. The second kappa shape index (κ2) is 7.18. The molecule has 2 aliphatic heterocycles. The van der Waals surface area contributed by atoms with E-state index in [9.17, 15) is 0 Å². The number of hydrogen-bond donors (Lipinski definition) is 0. The van der Waals surface area contributed by atoms with Gasteiger partial charge in [0.25, 0.3) is 0 Å². The van der Waals surface area contributed by atoms with E-state index in [-0.39, 0.29) is 5.41 Å². The van der Waals surface area contributed by atoms with E-state index in [0.717, 1.165) is 61.6 Å². The molecule has 2 saturated heterocycles. The lowest BCUT2D eigenvalue weighted by atomic mass is 9.92. The molecule has 7 heteroatoms. The topological polar surface area (TPSA) is 68.4 Å². The smallest absolute Gasteiger partial charge is 0.157 e. The van der Waals surface area contributed by atoms with Gasteiger partial charge in [-0.3, -0.25) is 9.89 Å². The van der Waals surface area contributed by atoms with Gasteiger partial charge in [-0.1, -0.05) is 12.1 Å². The van der Waals surface area contributed by atoms with Crippen molar-refractivity contribution in [3.8, 4) is 5.82 Å². The number of piperidine rings is 1. The number of benzene rings is 1. The third kappa shape index (κ3) is 3.02. The number of aliphatic imine (C=N–C) groups is 1. The first kappa shape index (κ1) is 19.8. The maximum absolute atomic E-state index is 5.37. The Morgan fingerprint density at radius 3 is 2.67 bits per heavy atom. The van der Waals surface area contributed by atoms with Crippen LogP contribution in [0.3, 0.4) is 0 Å². The Balaban J connectivity index is 1.19. The molecule has 33 heavy (non-hydrogen) atoms. The lowest BCUT2D eigenvalue weighted by Gasteiger charge is -2.41. The minimum Gasteiger partial charge on any atom is -0.378 e. The van der Waals surface area contributed by atoms with Crippen molar-refractivity contribution in [3.63, 3.8) is 0 Å². The summed E-state index contributed by atoms with van der Waals surface area (Å²) in [6.45, 7) is 4.02. The second-order valence-electron chi connectivity index (χ2n) is 10.4. The van der Waals surface area contributed by atoms with Gasteiger partial charge in [-0.05, 0) is 62.2 Å². The molecule has 4 aliphatic rings. The Hall–Kier alpha value is -2.64. The van der Waals surface area contributed by atoms with Crippen LogP contribution in [-0.4, -0.2) is 70.3 Å².